The van der Waals surface area contributed by atoms with Crippen molar-refractivity contribution < 1.29 is 4.92 Å². The molecule has 0 fully saturated rings. The average Bonchev–Trinajstić information content (AvgIpc) is 2.88. The number of fused-ring (bicyclic) bond motifs is 1. The van der Waals surface area contributed by atoms with Gasteiger partial charge in [-0.15, -0.1) is 11.3 Å². The second-order valence-corrected chi connectivity index (χ2v) is 7.03. The number of nitro benzene ring substituents is 1. The van der Waals surface area contributed by atoms with E-state index in [1.54, 1.807) is 24.3 Å². The average molecular weight is 376 g/mol. The topological polar surface area (TPSA) is 93.3 Å². The van der Waals surface area contributed by atoms with Gasteiger partial charge in [-0.05, 0) is 32.4 Å². The van der Waals surface area contributed by atoms with Crippen molar-refractivity contribution in [2.24, 2.45) is 5.10 Å². The van der Waals surface area contributed by atoms with Crippen LogP contribution in [-0.2, 0) is 0 Å². The summed E-state index contributed by atoms with van der Waals surface area (Å²) < 4.78 is 0. The summed E-state index contributed by atoms with van der Waals surface area (Å²) in [6.45, 7) is 5.80. The summed E-state index contributed by atoms with van der Waals surface area (Å²) in [6, 6.07) is 4.58. The number of nitrogens with one attached hydrogen (secondary N) is 1. The number of benzene rings is 1. The Morgan fingerprint density at radius 3 is 2.84 bits per heavy atom. The van der Waals surface area contributed by atoms with Crippen LogP contribution in [0.4, 0.5) is 11.5 Å². The van der Waals surface area contributed by atoms with Crippen LogP contribution in [0.2, 0.25) is 5.02 Å². The SMILES string of the molecule is C/C(=N/Nc1ncnc2sc(C)c(C)c12)c1ccc(Cl)c([N+](=O)[O-])c1. The van der Waals surface area contributed by atoms with Crippen LogP contribution in [0.15, 0.2) is 29.6 Å². The summed E-state index contributed by atoms with van der Waals surface area (Å²) in [5.41, 5.74) is 5.09. The Labute approximate surface area is 152 Å². The van der Waals surface area contributed by atoms with Gasteiger partial charge >= 0.3 is 0 Å². The first-order chi connectivity index (χ1) is 11.9. The summed E-state index contributed by atoms with van der Waals surface area (Å²) in [5, 5.41) is 16.4. The van der Waals surface area contributed by atoms with Gasteiger partial charge in [-0.2, -0.15) is 5.10 Å². The van der Waals surface area contributed by atoms with Crippen LogP contribution in [-0.4, -0.2) is 20.6 Å². The van der Waals surface area contributed by atoms with Crippen molar-refractivity contribution in [3.63, 3.8) is 0 Å². The molecule has 0 amide bonds. The smallest absolute Gasteiger partial charge is 0.260 e. The van der Waals surface area contributed by atoms with Crippen LogP contribution in [0.1, 0.15) is 22.9 Å². The summed E-state index contributed by atoms with van der Waals surface area (Å²) in [4.78, 5) is 21.1. The molecule has 0 atom stereocenters. The Hall–Kier alpha value is -2.58. The summed E-state index contributed by atoms with van der Waals surface area (Å²) in [5.74, 6) is 0.606. The molecule has 0 aliphatic heterocycles. The third kappa shape index (κ3) is 3.31. The standard InChI is InChI=1S/C16H14ClN5O2S/c1-8-10(3)25-16-14(8)15(18-7-19-16)21-20-9(2)11-4-5-12(17)13(6-11)22(23)24/h4-7H,1-3H3,(H,18,19,21)/b20-9-. The molecule has 0 radical (unpaired) electrons. The van der Waals surface area contributed by atoms with E-state index in [4.69, 9.17) is 11.6 Å². The predicted octanol–water partition coefficient (Wildman–Crippen LogP) is 4.71. The molecule has 1 N–H and O–H groups in total. The highest BCUT2D eigenvalue weighted by Crippen LogP contribution is 2.32. The van der Waals surface area contributed by atoms with Gasteiger partial charge in [-0.1, -0.05) is 17.7 Å². The molecule has 3 aromatic rings. The first-order valence-corrected chi connectivity index (χ1v) is 8.53. The zero-order valence-corrected chi connectivity index (χ0v) is 15.3. The van der Waals surface area contributed by atoms with E-state index in [1.165, 1.54) is 23.3 Å². The minimum Gasteiger partial charge on any atom is -0.260 e. The number of hydrogen-bond acceptors (Lipinski definition) is 7. The highest BCUT2D eigenvalue weighted by Gasteiger charge is 2.14. The van der Waals surface area contributed by atoms with Gasteiger partial charge < -0.3 is 0 Å². The number of hydrazone groups is 1. The van der Waals surface area contributed by atoms with E-state index in [0.29, 0.717) is 17.1 Å². The van der Waals surface area contributed by atoms with Gasteiger partial charge in [0.2, 0.25) is 0 Å². The normalized spacial score (nSPS) is 11.8. The lowest BCUT2D eigenvalue weighted by Gasteiger charge is -2.05. The second kappa shape index (κ2) is 6.73. The highest BCUT2D eigenvalue weighted by atomic mass is 35.5. The van der Waals surface area contributed by atoms with Gasteiger partial charge in [0.05, 0.1) is 16.0 Å². The maximum atomic E-state index is 11.0. The molecule has 9 heteroatoms. The van der Waals surface area contributed by atoms with Crippen molar-refractivity contribution in [3.05, 3.63) is 55.7 Å². The molecule has 0 saturated carbocycles. The molecule has 0 spiro atoms. The van der Waals surface area contributed by atoms with Crippen molar-refractivity contribution in [1.82, 2.24) is 9.97 Å². The lowest BCUT2D eigenvalue weighted by atomic mass is 10.1. The van der Waals surface area contributed by atoms with Crippen LogP contribution in [0.25, 0.3) is 10.2 Å². The molecular weight excluding hydrogens is 362 g/mol. The largest absolute Gasteiger partial charge is 0.288 e. The van der Waals surface area contributed by atoms with Crippen molar-refractivity contribution >= 4 is 50.4 Å². The molecule has 1 aromatic carbocycles. The van der Waals surface area contributed by atoms with Crippen molar-refractivity contribution in [3.8, 4) is 0 Å². The summed E-state index contributed by atoms with van der Waals surface area (Å²) >= 11 is 7.44. The summed E-state index contributed by atoms with van der Waals surface area (Å²) in [7, 11) is 0. The van der Waals surface area contributed by atoms with Gasteiger partial charge in [0, 0.05) is 16.5 Å². The molecule has 0 bridgehead atoms. The fraction of sp³-hybridized carbons (Fsp3) is 0.188. The number of nitrogens with zero attached hydrogens (tertiary/aromatic N) is 4. The lowest BCUT2D eigenvalue weighted by molar-refractivity contribution is -0.384. The van der Waals surface area contributed by atoms with E-state index in [2.05, 4.69) is 20.5 Å². The fourth-order valence-corrected chi connectivity index (χ4v) is 3.53. The highest BCUT2D eigenvalue weighted by molar-refractivity contribution is 7.18. The second-order valence-electron chi connectivity index (χ2n) is 5.42. The Kier molecular flexibility index (Phi) is 4.65. The Balaban J connectivity index is 1.95. The van der Waals surface area contributed by atoms with Gasteiger partial charge in [-0.3, -0.25) is 15.5 Å². The number of anilines is 1. The molecule has 2 heterocycles. The quantitative estimate of drug-likeness (QED) is 0.405. The molecule has 7 nitrogen and oxygen atoms in total. The van der Waals surface area contributed by atoms with Crippen molar-refractivity contribution in [2.45, 2.75) is 20.8 Å². The molecule has 0 aliphatic rings. The zero-order chi connectivity index (χ0) is 18.1. The maximum absolute atomic E-state index is 11.0. The van der Waals surface area contributed by atoms with E-state index in [-0.39, 0.29) is 10.7 Å². The molecule has 0 unspecified atom stereocenters. The predicted molar refractivity (Wildman–Crippen MR) is 101 cm³/mol. The molecule has 3 rings (SSSR count). The molecule has 0 aliphatic carbocycles. The van der Waals surface area contributed by atoms with E-state index < -0.39 is 4.92 Å². The fourth-order valence-electron chi connectivity index (χ4n) is 2.35. The lowest BCUT2D eigenvalue weighted by Crippen LogP contribution is -2.02. The Morgan fingerprint density at radius 2 is 2.12 bits per heavy atom. The number of aryl methyl sites for hydroxylation is 2. The van der Waals surface area contributed by atoms with Crippen LogP contribution < -0.4 is 5.43 Å². The third-order valence-corrected chi connectivity index (χ3v) is 5.29. The van der Waals surface area contributed by atoms with Gasteiger partial charge in [0.1, 0.15) is 16.2 Å². The zero-order valence-electron chi connectivity index (χ0n) is 13.7. The Bertz CT molecular complexity index is 1020. The monoisotopic (exact) mass is 375 g/mol. The number of rotatable bonds is 4. The van der Waals surface area contributed by atoms with Gasteiger partial charge in [0.25, 0.3) is 5.69 Å². The van der Waals surface area contributed by atoms with Crippen molar-refractivity contribution in [1.29, 1.82) is 0 Å². The molecule has 0 saturated heterocycles. The number of aromatic nitrogens is 2. The number of hydrogen-bond donors (Lipinski definition) is 1. The molecule has 128 valence electrons. The van der Waals surface area contributed by atoms with Crippen LogP contribution in [0.5, 0.6) is 0 Å². The number of nitro groups is 1. The summed E-state index contributed by atoms with van der Waals surface area (Å²) in [6.07, 6.45) is 1.48. The van der Waals surface area contributed by atoms with Crippen LogP contribution >= 0.6 is 22.9 Å². The first-order valence-electron chi connectivity index (χ1n) is 7.33. The minimum absolute atomic E-state index is 0.0939. The van der Waals surface area contributed by atoms with Gasteiger partial charge in [-0.25, -0.2) is 9.97 Å². The Morgan fingerprint density at radius 1 is 1.36 bits per heavy atom. The van der Waals surface area contributed by atoms with Crippen LogP contribution in [0, 0.1) is 24.0 Å². The van der Waals surface area contributed by atoms with E-state index >= 15 is 0 Å². The molecule has 25 heavy (non-hydrogen) atoms. The number of halogens is 1. The van der Waals surface area contributed by atoms with Crippen LogP contribution in [0.3, 0.4) is 0 Å². The minimum atomic E-state index is -0.516. The maximum Gasteiger partial charge on any atom is 0.288 e. The molecular formula is C16H14ClN5O2S. The van der Waals surface area contributed by atoms with E-state index in [1.807, 2.05) is 13.8 Å². The number of thiophene rings is 1. The van der Waals surface area contributed by atoms with Crippen molar-refractivity contribution in [2.75, 3.05) is 5.43 Å². The first kappa shape index (κ1) is 17.2. The van der Waals surface area contributed by atoms with E-state index in [9.17, 15) is 10.1 Å². The third-order valence-electron chi connectivity index (χ3n) is 3.86. The molecule has 2 aromatic heterocycles. The van der Waals surface area contributed by atoms with Gasteiger partial charge in [0.15, 0.2) is 5.82 Å². The van der Waals surface area contributed by atoms with E-state index in [0.717, 1.165) is 15.8 Å².